The average molecular weight is 564 g/mol. The van der Waals surface area contributed by atoms with E-state index in [4.69, 9.17) is 13.9 Å². The van der Waals surface area contributed by atoms with Crippen LogP contribution in [0.2, 0.25) is 0 Å². The number of anilines is 1. The second-order valence-electron chi connectivity index (χ2n) is 9.92. The minimum absolute atomic E-state index is 0.0373. The molecule has 1 unspecified atom stereocenters. The third-order valence-corrected chi connectivity index (χ3v) is 7.10. The molecular weight excluding hydrogens is 537 g/mol. The van der Waals surface area contributed by atoms with E-state index in [9.17, 15) is 18.8 Å². The molecule has 6 rings (SSSR count). The summed E-state index contributed by atoms with van der Waals surface area (Å²) in [7, 11) is 0. The van der Waals surface area contributed by atoms with Gasteiger partial charge in [0.25, 0.3) is 5.91 Å². The summed E-state index contributed by atoms with van der Waals surface area (Å²) in [6.45, 7) is 2.33. The van der Waals surface area contributed by atoms with E-state index in [1.54, 1.807) is 48.5 Å². The zero-order valence-corrected chi connectivity index (χ0v) is 22.7. The van der Waals surface area contributed by atoms with Gasteiger partial charge in [-0.2, -0.15) is 0 Å². The highest BCUT2D eigenvalue weighted by molar-refractivity contribution is 6.10. The van der Waals surface area contributed by atoms with Crippen LogP contribution < -0.4 is 15.1 Å². The number of halogens is 1. The monoisotopic (exact) mass is 563 g/mol. The fourth-order valence-electron chi connectivity index (χ4n) is 5.05. The molecule has 1 aliphatic rings. The first-order valence-electron chi connectivity index (χ1n) is 13.6. The van der Waals surface area contributed by atoms with Gasteiger partial charge in [0.15, 0.2) is 5.43 Å². The highest BCUT2D eigenvalue weighted by atomic mass is 19.1. The van der Waals surface area contributed by atoms with Crippen molar-refractivity contribution in [2.24, 2.45) is 0 Å². The molecule has 4 aromatic carbocycles. The van der Waals surface area contributed by atoms with Crippen LogP contribution in [0.5, 0.6) is 11.5 Å². The number of para-hydroxylation sites is 1. The molecule has 1 amide bonds. The normalized spacial score (nSPS) is 14.2. The van der Waals surface area contributed by atoms with Crippen molar-refractivity contribution in [1.82, 2.24) is 0 Å². The lowest BCUT2D eigenvalue weighted by atomic mass is 9.98. The Morgan fingerprint density at radius 1 is 0.905 bits per heavy atom. The predicted molar refractivity (Wildman–Crippen MR) is 156 cm³/mol. The molecule has 0 bridgehead atoms. The van der Waals surface area contributed by atoms with Crippen molar-refractivity contribution in [3.8, 4) is 11.5 Å². The van der Waals surface area contributed by atoms with Gasteiger partial charge in [-0.25, -0.2) is 9.18 Å². The van der Waals surface area contributed by atoms with Crippen LogP contribution >= 0.6 is 0 Å². The Balaban J connectivity index is 1.45. The maximum absolute atomic E-state index is 14.2. The van der Waals surface area contributed by atoms with E-state index in [-0.39, 0.29) is 22.3 Å². The van der Waals surface area contributed by atoms with E-state index >= 15 is 0 Å². The van der Waals surface area contributed by atoms with Crippen LogP contribution in [0, 0.1) is 5.82 Å². The zero-order chi connectivity index (χ0) is 29.2. The van der Waals surface area contributed by atoms with Crippen LogP contribution in [0.25, 0.3) is 11.0 Å². The first-order chi connectivity index (χ1) is 20.4. The maximum atomic E-state index is 14.2. The third-order valence-electron chi connectivity index (χ3n) is 7.10. The van der Waals surface area contributed by atoms with E-state index in [0.717, 1.165) is 18.9 Å². The summed E-state index contributed by atoms with van der Waals surface area (Å²) >= 11 is 0. The molecule has 0 N–H and O–H groups in total. The molecule has 0 spiro atoms. The Bertz CT molecular complexity index is 1850. The summed E-state index contributed by atoms with van der Waals surface area (Å²) in [5, 5.41) is 0.0373. The Morgan fingerprint density at radius 2 is 1.67 bits per heavy atom. The van der Waals surface area contributed by atoms with Gasteiger partial charge in [-0.1, -0.05) is 43.7 Å². The molecule has 5 aromatic rings. The quantitative estimate of drug-likeness (QED) is 0.144. The zero-order valence-electron chi connectivity index (χ0n) is 22.7. The number of rotatable bonds is 8. The van der Waals surface area contributed by atoms with Crippen molar-refractivity contribution in [1.29, 1.82) is 0 Å². The van der Waals surface area contributed by atoms with Gasteiger partial charge in [-0.15, -0.1) is 0 Å². The topological polar surface area (TPSA) is 86.0 Å². The summed E-state index contributed by atoms with van der Waals surface area (Å²) in [6, 6.07) is 25.4. The standard InChI is InChI=1S/C34H26FNO6/c1-2-3-18-40-34(39)21-12-15-24(16-13-21)36-30(22-8-7-11-26(19-22)41-25-9-5-4-6-10-25)29-31(37)27-20-23(35)14-17-28(27)42-32(29)33(36)38/h4-17,19-20,30H,2-3,18H2,1H3. The second kappa shape index (κ2) is 11.3. The van der Waals surface area contributed by atoms with Crippen LogP contribution in [0.4, 0.5) is 10.1 Å². The summed E-state index contributed by atoms with van der Waals surface area (Å²) in [4.78, 5) is 41.6. The largest absolute Gasteiger partial charge is 0.462 e. The van der Waals surface area contributed by atoms with Crippen LogP contribution in [0.1, 0.15) is 57.8 Å². The number of nitrogens with zero attached hydrogens (tertiary/aromatic N) is 1. The molecule has 0 saturated carbocycles. The Morgan fingerprint density at radius 3 is 2.43 bits per heavy atom. The number of ether oxygens (including phenoxy) is 2. The van der Waals surface area contributed by atoms with Crippen molar-refractivity contribution >= 4 is 28.5 Å². The summed E-state index contributed by atoms with van der Waals surface area (Å²) in [6.07, 6.45) is 1.66. The molecule has 2 heterocycles. The van der Waals surface area contributed by atoms with Gasteiger partial charge >= 0.3 is 5.97 Å². The van der Waals surface area contributed by atoms with Crippen molar-refractivity contribution < 1.29 is 27.9 Å². The van der Waals surface area contributed by atoms with E-state index in [0.29, 0.717) is 34.9 Å². The summed E-state index contributed by atoms with van der Waals surface area (Å²) < 4.78 is 31.4. The molecule has 0 saturated heterocycles. The smallest absolute Gasteiger partial charge is 0.338 e. The lowest BCUT2D eigenvalue weighted by Gasteiger charge is -2.25. The van der Waals surface area contributed by atoms with E-state index in [1.165, 1.54) is 17.0 Å². The first-order valence-corrected chi connectivity index (χ1v) is 13.6. The molecule has 8 heteroatoms. The fraction of sp³-hybridized carbons (Fsp3) is 0.147. The van der Waals surface area contributed by atoms with E-state index in [2.05, 4.69) is 0 Å². The minimum atomic E-state index is -0.905. The first kappa shape index (κ1) is 27.0. The van der Waals surface area contributed by atoms with Gasteiger partial charge < -0.3 is 13.9 Å². The fourth-order valence-corrected chi connectivity index (χ4v) is 5.05. The average Bonchev–Trinajstić information content (AvgIpc) is 3.30. The lowest BCUT2D eigenvalue weighted by molar-refractivity contribution is 0.0499. The van der Waals surface area contributed by atoms with E-state index in [1.807, 2.05) is 37.3 Å². The SMILES string of the molecule is CCCCOC(=O)c1ccc(N2C(=O)c3oc4ccc(F)cc4c(=O)c3C2c2cccc(Oc3ccccc3)c2)cc1. The van der Waals surface area contributed by atoms with Gasteiger partial charge in [-0.05, 0) is 78.7 Å². The molecule has 0 radical (unpaired) electrons. The molecule has 7 nitrogen and oxygen atoms in total. The summed E-state index contributed by atoms with van der Waals surface area (Å²) in [5.41, 5.74) is 1.06. The molecular formula is C34H26FNO6. The molecule has 0 aliphatic carbocycles. The number of benzene rings is 4. The van der Waals surface area contributed by atoms with Crippen LogP contribution in [-0.2, 0) is 4.74 Å². The number of amides is 1. The molecule has 1 atom stereocenters. The Labute approximate surface area is 240 Å². The molecule has 1 aromatic heterocycles. The number of hydrogen-bond donors (Lipinski definition) is 0. The number of hydrogen-bond acceptors (Lipinski definition) is 6. The molecule has 210 valence electrons. The van der Waals surface area contributed by atoms with Crippen LogP contribution in [0.15, 0.2) is 106 Å². The van der Waals surface area contributed by atoms with Crippen molar-refractivity contribution in [2.45, 2.75) is 25.8 Å². The minimum Gasteiger partial charge on any atom is -0.462 e. The van der Waals surface area contributed by atoms with Crippen LogP contribution in [0.3, 0.4) is 0 Å². The third kappa shape index (κ3) is 5.03. The van der Waals surface area contributed by atoms with Gasteiger partial charge in [0.1, 0.15) is 22.9 Å². The van der Waals surface area contributed by atoms with Crippen molar-refractivity contribution in [3.05, 3.63) is 136 Å². The van der Waals surface area contributed by atoms with Crippen molar-refractivity contribution in [2.75, 3.05) is 11.5 Å². The lowest BCUT2D eigenvalue weighted by Crippen LogP contribution is -2.29. The maximum Gasteiger partial charge on any atom is 0.338 e. The van der Waals surface area contributed by atoms with Gasteiger partial charge in [0.05, 0.1) is 29.2 Å². The van der Waals surface area contributed by atoms with E-state index < -0.39 is 29.2 Å². The van der Waals surface area contributed by atoms with Gasteiger partial charge in [-0.3, -0.25) is 14.5 Å². The second-order valence-corrected chi connectivity index (χ2v) is 9.92. The van der Waals surface area contributed by atoms with Crippen LogP contribution in [-0.4, -0.2) is 18.5 Å². The molecule has 1 aliphatic heterocycles. The predicted octanol–water partition coefficient (Wildman–Crippen LogP) is 7.43. The summed E-state index contributed by atoms with van der Waals surface area (Å²) in [5.74, 6) is -0.587. The van der Waals surface area contributed by atoms with Crippen molar-refractivity contribution in [3.63, 3.8) is 0 Å². The molecule has 0 fully saturated rings. The number of fused-ring (bicyclic) bond motifs is 2. The highest BCUT2D eigenvalue weighted by Crippen LogP contribution is 2.42. The number of unbranched alkanes of at least 4 members (excludes halogenated alkanes) is 1. The number of esters is 1. The van der Waals surface area contributed by atoms with Gasteiger partial charge in [0.2, 0.25) is 5.76 Å². The number of carbonyl (C=O) groups is 2. The Kier molecular flexibility index (Phi) is 7.27. The number of carbonyl (C=O) groups excluding carboxylic acids is 2. The molecule has 42 heavy (non-hydrogen) atoms. The highest BCUT2D eigenvalue weighted by Gasteiger charge is 2.44. The Hall–Kier alpha value is -5.24. The van der Waals surface area contributed by atoms with Gasteiger partial charge in [0, 0.05) is 5.69 Å².